The van der Waals surface area contributed by atoms with Gasteiger partial charge in [0.1, 0.15) is 0 Å². The van der Waals surface area contributed by atoms with E-state index in [1.54, 1.807) is 18.4 Å². The third-order valence-corrected chi connectivity index (χ3v) is 5.68. The zero-order chi connectivity index (χ0) is 16.1. The van der Waals surface area contributed by atoms with Gasteiger partial charge in [-0.3, -0.25) is 14.6 Å². The number of amides is 1. The lowest BCUT2D eigenvalue weighted by molar-refractivity contribution is -0.125. The minimum atomic E-state index is 0.0454. The molecule has 2 fully saturated rings. The molecule has 0 saturated carbocycles. The number of carbonyl (C=O) groups excluding carboxylic acids is 1. The number of nitrogens with zero attached hydrogens (tertiary/aromatic N) is 2. The zero-order valence-corrected chi connectivity index (χ0v) is 14.7. The van der Waals surface area contributed by atoms with Crippen molar-refractivity contribution in [1.82, 2.24) is 15.1 Å². The summed E-state index contributed by atoms with van der Waals surface area (Å²) in [6.45, 7) is 6.43. The molecule has 0 aliphatic carbocycles. The molecule has 0 unspecified atom stereocenters. The van der Waals surface area contributed by atoms with Gasteiger partial charge in [0, 0.05) is 59.0 Å². The smallest absolute Gasteiger partial charge is 0.225 e. The van der Waals surface area contributed by atoms with Crippen LogP contribution in [0.1, 0.15) is 18.4 Å². The van der Waals surface area contributed by atoms with Crippen LogP contribution in [0.2, 0.25) is 0 Å². The van der Waals surface area contributed by atoms with Crippen LogP contribution in [0.15, 0.2) is 16.8 Å². The lowest BCUT2D eigenvalue weighted by Crippen LogP contribution is -2.45. The van der Waals surface area contributed by atoms with Gasteiger partial charge in [0.2, 0.25) is 5.91 Å². The summed E-state index contributed by atoms with van der Waals surface area (Å²) in [6, 6.07) is 2.75. The first-order valence-corrected chi connectivity index (χ1v) is 9.47. The molecule has 1 atom stereocenters. The van der Waals surface area contributed by atoms with E-state index in [0.717, 1.165) is 58.8 Å². The molecule has 128 valence electrons. The van der Waals surface area contributed by atoms with Crippen molar-refractivity contribution in [2.45, 2.75) is 25.4 Å². The van der Waals surface area contributed by atoms with Gasteiger partial charge >= 0.3 is 0 Å². The van der Waals surface area contributed by atoms with E-state index in [1.807, 2.05) is 0 Å². The van der Waals surface area contributed by atoms with Gasteiger partial charge in [0.15, 0.2) is 0 Å². The highest BCUT2D eigenvalue weighted by molar-refractivity contribution is 7.07. The molecule has 3 heterocycles. The summed E-state index contributed by atoms with van der Waals surface area (Å²) >= 11 is 1.74. The predicted molar refractivity (Wildman–Crippen MR) is 92.6 cm³/mol. The maximum absolute atomic E-state index is 12.3. The van der Waals surface area contributed by atoms with E-state index in [-0.39, 0.29) is 11.8 Å². The van der Waals surface area contributed by atoms with Gasteiger partial charge < -0.3 is 10.1 Å². The van der Waals surface area contributed by atoms with Crippen molar-refractivity contribution in [2.24, 2.45) is 5.92 Å². The van der Waals surface area contributed by atoms with Crippen LogP contribution in [0, 0.1) is 5.92 Å². The van der Waals surface area contributed by atoms with E-state index in [0.29, 0.717) is 6.04 Å². The average molecular weight is 337 g/mol. The van der Waals surface area contributed by atoms with Crippen LogP contribution in [-0.4, -0.2) is 68.2 Å². The highest BCUT2D eigenvalue weighted by atomic mass is 32.1. The SMILES string of the molecule is CNC(=O)[C@@H]1CN(Cc2ccsc2)CCN(C2CCOCC2)C1. The molecule has 3 rings (SSSR count). The largest absolute Gasteiger partial charge is 0.381 e. The minimum absolute atomic E-state index is 0.0454. The summed E-state index contributed by atoms with van der Waals surface area (Å²) < 4.78 is 5.49. The first-order chi connectivity index (χ1) is 11.3. The van der Waals surface area contributed by atoms with E-state index in [2.05, 4.69) is 31.9 Å². The molecule has 6 heteroatoms. The van der Waals surface area contributed by atoms with Gasteiger partial charge in [0.25, 0.3) is 0 Å². The number of ether oxygens (including phenoxy) is 1. The Morgan fingerprint density at radius 3 is 2.87 bits per heavy atom. The first-order valence-electron chi connectivity index (χ1n) is 8.53. The van der Waals surface area contributed by atoms with Crippen LogP contribution in [0.4, 0.5) is 0 Å². The minimum Gasteiger partial charge on any atom is -0.381 e. The van der Waals surface area contributed by atoms with Crippen LogP contribution in [0.3, 0.4) is 0 Å². The van der Waals surface area contributed by atoms with Crippen LogP contribution in [0.5, 0.6) is 0 Å². The van der Waals surface area contributed by atoms with Crippen molar-refractivity contribution in [2.75, 3.05) is 46.4 Å². The van der Waals surface area contributed by atoms with E-state index in [4.69, 9.17) is 4.74 Å². The molecule has 0 bridgehead atoms. The van der Waals surface area contributed by atoms with Crippen LogP contribution >= 0.6 is 11.3 Å². The third-order valence-electron chi connectivity index (χ3n) is 4.95. The first kappa shape index (κ1) is 16.9. The standard InChI is InChI=1S/C17H27N3O2S/c1-18-17(21)15-11-19(10-14-4-9-23-13-14)5-6-20(12-15)16-2-7-22-8-3-16/h4,9,13,15-16H,2-3,5-8,10-12H2,1H3,(H,18,21)/t15-/m1/s1. The summed E-state index contributed by atoms with van der Waals surface area (Å²) in [5, 5.41) is 7.18. The van der Waals surface area contributed by atoms with E-state index >= 15 is 0 Å². The summed E-state index contributed by atoms with van der Waals surface area (Å²) in [5.74, 6) is 0.211. The molecule has 0 aromatic carbocycles. The highest BCUT2D eigenvalue weighted by Gasteiger charge is 2.31. The Kier molecular flexibility index (Phi) is 6.05. The zero-order valence-electron chi connectivity index (χ0n) is 13.9. The Balaban J connectivity index is 1.67. The van der Waals surface area contributed by atoms with Gasteiger partial charge in [-0.05, 0) is 35.2 Å². The summed E-state index contributed by atoms with van der Waals surface area (Å²) in [6.07, 6.45) is 2.18. The molecule has 2 aliphatic heterocycles. The summed E-state index contributed by atoms with van der Waals surface area (Å²) in [4.78, 5) is 17.3. The van der Waals surface area contributed by atoms with Crippen molar-refractivity contribution in [3.63, 3.8) is 0 Å². The number of thiophene rings is 1. The number of hydrogen-bond acceptors (Lipinski definition) is 5. The Morgan fingerprint density at radius 1 is 1.35 bits per heavy atom. The predicted octanol–water partition coefficient (Wildman–Crippen LogP) is 1.41. The number of rotatable bonds is 4. The van der Waals surface area contributed by atoms with Gasteiger partial charge in [0.05, 0.1) is 5.92 Å². The second-order valence-electron chi connectivity index (χ2n) is 6.52. The summed E-state index contributed by atoms with van der Waals surface area (Å²) in [5.41, 5.74) is 1.35. The molecule has 23 heavy (non-hydrogen) atoms. The molecule has 2 aliphatic rings. The van der Waals surface area contributed by atoms with Gasteiger partial charge in [-0.1, -0.05) is 0 Å². The second kappa shape index (κ2) is 8.24. The topological polar surface area (TPSA) is 44.8 Å². The molecule has 0 spiro atoms. The maximum atomic E-state index is 12.3. The van der Waals surface area contributed by atoms with Gasteiger partial charge in [-0.2, -0.15) is 11.3 Å². The average Bonchev–Trinajstić information content (AvgIpc) is 3.00. The van der Waals surface area contributed by atoms with E-state index < -0.39 is 0 Å². The molecule has 2 saturated heterocycles. The monoisotopic (exact) mass is 337 g/mol. The molecule has 1 aromatic heterocycles. The fourth-order valence-corrected chi connectivity index (χ4v) is 4.30. The van der Waals surface area contributed by atoms with Crippen molar-refractivity contribution >= 4 is 17.2 Å². The molecular formula is C17H27N3O2S. The normalized spacial score (nSPS) is 25.2. The van der Waals surface area contributed by atoms with Crippen molar-refractivity contribution in [3.8, 4) is 0 Å². The third kappa shape index (κ3) is 4.53. The Hall–Kier alpha value is -0.950. The fraction of sp³-hybridized carbons (Fsp3) is 0.706. The molecule has 5 nitrogen and oxygen atoms in total. The molecule has 1 amide bonds. The van der Waals surface area contributed by atoms with Crippen molar-refractivity contribution in [1.29, 1.82) is 0 Å². The van der Waals surface area contributed by atoms with Crippen molar-refractivity contribution in [3.05, 3.63) is 22.4 Å². The summed E-state index contributed by atoms with van der Waals surface area (Å²) in [7, 11) is 1.75. The van der Waals surface area contributed by atoms with Crippen molar-refractivity contribution < 1.29 is 9.53 Å². The quantitative estimate of drug-likeness (QED) is 0.902. The van der Waals surface area contributed by atoms with E-state index in [9.17, 15) is 4.79 Å². The van der Waals surface area contributed by atoms with Gasteiger partial charge in [-0.15, -0.1) is 0 Å². The van der Waals surface area contributed by atoms with Gasteiger partial charge in [-0.25, -0.2) is 0 Å². The van der Waals surface area contributed by atoms with Crippen LogP contribution < -0.4 is 5.32 Å². The Morgan fingerprint density at radius 2 is 2.17 bits per heavy atom. The highest BCUT2D eigenvalue weighted by Crippen LogP contribution is 2.20. The number of nitrogens with one attached hydrogen (secondary N) is 1. The fourth-order valence-electron chi connectivity index (χ4n) is 3.64. The second-order valence-corrected chi connectivity index (χ2v) is 7.30. The number of hydrogen-bond donors (Lipinski definition) is 1. The Labute approximate surface area is 142 Å². The lowest BCUT2D eigenvalue weighted by atomic mass is 10.0. The molecule has 0 radical (unpaired) electrons. The number of carbonyl (C=O) groups is 1. The maximum Gasteiger partial charge on any atom is 0.225 e. The molecular weight excluding hydrogens is 310 g/mol. The van der Waals surface area contributed by atoms with Crippen LogP contribution in [-0.2, 0) is 16.1 Å². The van der Waals surface area contributed by atoms with E-state index in [1.165, 1.54) is 5.56 Å². The molecule has 1 N–H and O–H groups in total. The Bertz CT molecular complexity index is 488. The van der Waals surface area contributed by atoms with Crippen LogP contribution in [0.25, 0.3) is 0 Å². The molecule has 1 aromatic rings. The lowest BCUT2D eigenvalue weighted by Gasteiger charge is -2.34.